The molecule has 8 heteroatoms. The van der Waals surface area contributed by atoms with E-state index in [1.165, 1.54) is 19.3 Å². The lowest BCUT2D eigenvalue weighted by molar-refractivity contribution is -0.139. The molecule has 8 nitrogen and oxygen atoms in total. The lowest BCUT2D eigenvalue weighted by atomic mass is 9.98. The molecule has 35 heavy (non-hydrogen) atoms. The second-order valence-electron chi connectivity index (χ2n) is 9.17. The predicted molar refractivity (Wildman–Crippen MR) is 132 cm³/mol. The number of hydrogen-bond donors (Lipinski definition) is 3. The lowest BCUT2D eigenvalue weighted by Crippen LogP contribution is -2.48. The van der Waals surface area contributed by atoms with Crippen LogP contribution >= 0.6 is 0 Å². The average Bonchev–Trinajstić information content (AvgIpc) is 3.19. The fourth-order valence-corrected chi connectivity index (χ4v) is 4.99. The Balaban J connectivity index is 1.29. The number of benzene rings is 2. The Morgan fingerprint density at radius 2 is 1.60 bits per heavy atom. The van der Waals surface area contributed by atoms with Gasteiger partial charge in [0.1, 0.15) is 12.6 Å². The highest BCUT2D eigenvalue weighted by Gasteiger charge is 2.30. The van der Waals surface area contributed by atoms with Gasteiger partial charge in [-0.05, 0) is 61.2 Å². The lowest BCUT2D eigenvalue weighted by Gasteiger charge is -2.26. The van der Waals surface area contributed by atoms with Crippen LogP contribution in [0.15, 0.2) is 48.5 Å². The minimum Gasteiger partial charge on any atom is -0.481 e. The van der Waals surface area contributed by atoms with Gasteiger partial charge in [-0.2, -0.15) is 0 Å². The average molecular weight is 480 g/mol. The molecule has 1 fully saturated rings. The van der Waals surface area contributed by atoms with E-state index in [2.05, 4.69) is 15.5 Å². The monoisotopic (exact) mass is 479 g/mol. The van der Waals surface area contributed by atoms with Crippen molar-refractivity contribution in [2.75, 3.05) is 32.8 Å². The van der Waals surface area contributed by atoms with Gasteiger partial charge >= 0.3 is 12.1 Å². The first-order valence-electron chi connectivity index (χ1n) is 12.4. The molecule has 0 saturated carbocycles. The largest absolute Gasteiger partial charge is 0.481 e. The van der Waals surface area contributed by atoms with Gasteiger partial charge in [0.2, 0.25) is 5.91 Å². The minimum atomic E-state index is -1.20. The second-order valence-corrected chi connectivity index (χ2v) is 9.17. The number of amides is 2. The number of carbonyl (C=O) groups excluding carboxylic acids is 2. The van der Waals surface area contributed by atoms with Gasteiger partial charge in [-0.3, -0.25) is 9.59 Å². The molecular weight excluding hydrogens is 446 g/mol. The number of likely N-dealkylation sites (tertiary alicyclic amines) is 1. The van der Waals surface area contributed by atoms with Gasteiger partial charge in [0.25, 0.3) is 0 Å². The summed E-state index contributed by atoms with van der Waals surface area (Å²) in [6.07, 6.45) is 3.14. The van der Waals surface area contributed by atoms with Crippen molar-refractivity contribution in [2.45, 2.75) is 44.1 Å². The van der Waals surface area contributed by atoms with Crippen LogP contribution in [0.25, 0.3) is 11.1 Å². The fourth-order valence-electron chi connectivity index (χ4n) is 4.99. The number of ether oxygens (including phenoxy) is 1. The maximum Gasteiger partial charge on any atom is 0.407 e. The van der Waals surface area contributed by atoms with Gasteiger partial charge in [0, 0.05) is 12.5 Å². The van der Waals surface area contributed by atoms with E-state index in [9.17, 15) is 19.5 Å². The highest BCUT2D eigenvalue weighted by atomic mass is 16.5. The Labute approximate surface area is 205 Å². The van der Waals surface area contributed by atoms with E-state index in [1.54, 1.807) is 0 Å². The van der Waals surface area contributed by atoms with Crippen LogP contribution in [0.2, 0.25) is 0 Å². The fraction of sp³-hybridized carbons (Fsp3) is 0.444. The number of carboxylic acid groups (broad SMARTS) is 1. The molecule has 2 aliphatic rings. The normalized spacial score (nSPS) is 16.1. The van der Waals surface area contributed by atoms with Crippen LogP contribution in [0, 0.1) is 0 Å². The molecule has 1 aliphatic heterocycles. The molecule has 3 N–H and O–H groups in total. The van der Waals surface area contributed by atoms with Crippen molar-refractivity contribution >= 4 is 18.0 Å². The molecule has 1 heterocycles. The van der Waals surface area contributed by atoms with E-state index >= 15 is 0 Å². The van der Waals surface area contributed by atoms with Gasteiger partial charge in [-0.25, -0.2) is 4.79 Å². The summed E-state index contributed by atoms with van der Waals surface area (Å²) in [4.78, 5) is 38.8. The second kappa shape index (κ2) is 11.8. The van der Waals surface area contributed by atoms with Crippen molar-refractivity contribution in [3.8, 4) is 11.1 Å². The SMILES string of the molecule is O=C(O)CC(NC(=O)OCC1c2ccccc2-c2ccccc21)C(=O)NCCCN1CCCCC1. The zero-order valence-electron chi connectivity index (χ0n) is 19.9. The van der Waals surface area contributed by atoms with Crippen molar-refractivity contribution in [1.29, 1.82) is 0 Å². The van der Waals surface area contributed by atoms with Crippen LogP contribution in [0.3, 0.4) is 0 Å². The highest BCUT2D eigenvalue weighted by Crippen LogP contribution is 2.44. The first-order chi connectivity index (χ1) is 17.0. The molecule has 0 aromatic heterocycles. The van der Waals surface area contributed by atoms with Crippen molar-refractivity contribution in [3.63, 3.8) is 0 Å². The third-order valence-corrected chi connectivity index (χ3v) is 6.73. The predicted octanol–water partition coefficient (Wildman–Crippen LogP) is 3.36. The number of alkyl carbamates (subject to hydrolysis) is 1. The summed E-state index contributed by atoms with van der Waals surface area (Å²) in [5.41, 5.74) is 4.39. The first-order valence-corrected chi connectivity index (χ1v) is 12.4. The molecule has 1 aliphatic carbocycles. The Bertz CT molecular complexity index is 1010. The molecule has 186 valence electrons. The van der Waals surface area contributed by atoms with Crippen LogP contribution in [-0.2, 0) is 14.3 Å². The standard InChI is InChI=1S/C27H33N3O5/c31-25(32)17-24(26(33)28-13-8-16-30-14-6-1-7-15-30)29-27(34)35-18-23-21-11-4-2-9-19(21)20-10-3-5-12-22(20)23/h2-5,9-12,23-24H,1,6-8,13-18H2,(H,28,33)(H,29,34)(H,31,32). The molecule has 2 aromatic carbocycles. The number of aliphatic carboxylic acids is 1. The van der Waals surface area contributed by atoms with E-state index in [0.29, 0.717) is 6.54 Å². The molecule has 0 radical (unpaired) electrons. The summed E-state index contributed by atoms with van der Waals surface area (Å²) in [6, 6.07) is 14.8. The van der Waals surface area contributed by atoms with Gasteiger partial charge in [0.05, 0.1) is 6.42 Å². The number of piperidine rings is 1. The zero-order chi connectivity index (χ0) is 24.6. The number of nitrogens with zero attached hydrogens (tertiary/aromatic N) is 1. The maximum absolute atomic E-state index is 12.6. The van der Waals surface area contributed by atoms with Crippen molar-refractivity contribution in [1.82, 2.24) is 15.5 Å². The summed E-state index contributed by atoms with van der Waals surface area (Å²) in [6.45, 7) is 3.58. The summed E-state index contributed by atoms with van der Waals surface area (Å²) in [5.74, 6) is -1.80. The summed E-state index contributed by atoms with van der Waals surface area (Å²) in [7, 11) is 0. The number of carbonyl (C=O) groups is 3. The van der Waals surface area contributed by atoms with E-state index in [1.807, 2.05) is 48.5 Å². The summed E-state index contributed by atoms with van der Waals surface area (Å²) >= 11 is 0. The topological polar surface area (TPSA) is 108 Å². The Kier molecular flexibility index (Phi) is 8.36. The third kappa shape index (κ3) is 6.39. The number of fused-ring (bicyclic) bond motifs is 3. The number of nitrogens with one attached hydrogen (secondary N) is 2. The molecule has 2 aromatic rings. The van der Waals surface area contributed by atoms with Crippen molar-refractivity contribution in [2.24, 2.45) is 0 Å². The van der Waals surface area contributed by atoms with Crippen molar-refractivity contribution < 1.29 is 24.2 Å². The van der Waals surface area contributed by atoms with Gasteiger partial charge < -0.3 is 25.4 Å². The molecule has 4 rings (SSSR count). The minimum absolute atomic E-state index is 0.0944. The Morgan fingerprint density at radius 1 is 0.971 bits per heavy atom. The molecule has 2 amide bonds. The molecule has 0 spiro atoms. The van der Waals surface area contributed by atoms with Crippen molar-refractivity contribution in [3.05, 3.63) is 59.7 Å². The Hall–Kier alpha value is -3.39. The number of carboxylic acids is 1. The van der Waals surface area contributed by atoms with Gasteiger partial charge in [-0.15, -0.1) is 0 Å². The van der Waals surface area contributed by atoms with Crippen LogP contribution in [0.1, 0.15) is 49.1 Å². The molecule has 1 unspecified atom stereocenters. The molecule has 1 atom stereocenters. The smallest absolute Gasteiger partial charge is 0.407 e. The quantitative estimate of drug-likeness (QED) is 0.451. The van der Waals surface area contributed by atoms with E-state index < -0.39 is 30.4 Å². The summed E-state index contributed by atoms with van der Waals surface area (Å²) < 4.78 is 5.48. The van der Waals surface area contributed by atoms with E-state index in [-0.39, 0.29) is 12.5 Å². The molecule has 0 bridgehead atoms. The number of rotatable bonds is 10. The van der Waals surface area contributed by atoms with Crippen LogP contribution in [-0.4, -0.2) is 66.8 Å². The zero-order valence-corrected chi connectivity index (χ0v) is 19.9. The van der Waals surface area contributed by atoms with Crippen LogP contribution < -0.4 is 10.6 Å². The summed E-state index contributed by atoms with van der Waals surface area (Å²) in [5, 5.41) is 14.4. The first kappa shape index (κ1) is 24.7. The van der Waals surface area contributed by atoms with E-state index in [4.69, 9.17) is 4.74 Å². The Morgan fingerprint density at radius 3 is 2.23 bits per heavy atom. The maximum atomic E-state index is 12.6. The van der Waals surface area contributed by atoms with Gasteiger partial charge in [0.15, 0.2) is 0 Å². The molecular formula is C27H33N3O5. The van der Waals surface area contributed by atoms with E-state index in [0.717, 1.165) is 48.3 Å². The van der Waals surface area contributed by atoms with Gasteiger partial charge in [-0.1, -0.05) is 55.0 Å². The van der Waals surface area contributed by atoms with Crippen LogP contribution in [0.5, 0.6) is 0 Å². The van der Waals surface area contributed by atoms with Crippen LogP contribution in [0.4, 0.5) is 4.79 Å². The number of hydrogen-bond acceptors (Lipinski definition) is 5. The third-order valence-electron chi connectivity index (χ3n) is 6.73. The highest BCUT2D eigenvalue weighted by molar-refractivity contribution is 5.89. The molecule has 1 saturated heterocycles.